The molecule has 0 saturated carbocycles. The predicted molar refractivity (Wildman–Crippen MR) is 161 cm³/mol. The van der Waals surface area contributed by atoms with Crippen LogP contribution in [0.3, 0.4) is 0 Å². The topological polar surface area (TPSA) is 125 Å². The molecule has 42 heavy (non-hydrogen) atoms. The molecule has 3 saturated heterocycles. The number of fused-ring (bicyclic) bond motifs is 1. The second-order valence-electron chi connectivity index (χ2n) is 11.3. The molecule has 2 bridgehead atoms. The van der Waals surface area contributed by atoms with Crippen LogP contribution in [0.1, 0.15) is 37.3 Å². The monoisotopic (exact) mass is 645 g/mol. The summed E-state index contributed by atoms with van der Waals surface area (Å²) in [7, 11) is 0. The van der Waals surface area contributed by atoms with Gasteiger partial charge in [-0.25, -0.2) is 0 Å². The average molecular weight is 647 g/mol. The van der Waals surface area contributed by atoms with Crippen LogP contribution >= 0.6 is 15.9 Å². The van der Waals surface area contributed by atoms with Crippen molar-refractivity contribution >= 4 is 45.3 Å². The maximum Gasteiger partial charge on any atom is 0.312 e. The van der Waals surface area contributed by atoms with Gasteiger partial charge >= 0.3 is 5.97 Å². The van der Waals surface area contributed by atoms with Gasteiger partial charge in [0.1, 0.15) is 17.7 Å². The third-order valence-electron chi connectivity index (χ3n) is 8.35. The number of hydrogen-bond donors (Lipinski definition) is 2. The van der Waals surface area contributed by atoms with Gasteiger partial charge in [0.25, 0.3) is 5.91 Å². The summed E-state index contributed by atoms with van der Waals surface area (Å²) < 4.78 is 12.2. The molecule has 3 heterocycles. The molecule has 1 aromatic rings. The number of likely N-dealkylation sites (tertiary alicyclic amines) is 1. The number of rotatable bonds is 13. The molecular formula is C31H40BrN3O7. The maximum atomic E-state index is 14.5. The van der Waals surface area contributed by atoms with Crippen LogP contribution in [0.4, 0.5) is 5.69 Å². The number of ether oxygens (including phenoxy) is 2. The van der Waals surface area contributed by atoms with Crippen molar-refractivity contribution in [2.45, 2.75) is 68.7 Å². The number of β-amino-alcohol motifs (C(OH)–C–C–N with tert-alkyl or cyclic N) is 1. The first-order valence-corrected chi connectivity index (χ1v) is 15.2. The zero-order valence-corrected chi connectivity index (χ0v) is 26.0. The van der Waals surface area contributed by atoms with E-state index in [9.17, 15) is 24.3 Å². The van der Waals surface area contributed by atoms with Crippen molar-refractivity contribution in [1.29, 1.82) is 0 Å². The number of aryl methyl sites for hydroxylation is 2. The highest BCUT2D eigenvalue weighted by Gasteiger charge is 2.77. The molecule has 3 fully saturated rings. The Morgan fingerprint density at radius 3 is 2.71 bits per heavy atom. The minimum atomic E-state index is -1.29. The third kappa shape index (κ3) is 5.78. The first-order chi connectivity index (χ1) is 20.0. The van der Waals surface area contributed by atoms with Crippen molar-refractivity contribution in [3.8, 4) is 0 Å². The first-order valence-electron chi connectivity index (χ1n) is 14.3. The number of nitrogens with zero attached hydrogens (tertiary/aromatic N) is 2. The number of esters is 1. The highest BCUT2D eigenvalue weighted by Crippen LogP contribution is 2.60. The van der Waals surface area contributed by atoms with Crippen molar-refractivity contribution in [2.75, 3.05) is 31.1 Å². The van der Waals surface area contributed by atoms with E-state index in [2.05, 4.69) is 34.4 Å². The second kappa shape index (κ2) is 13.1. The van der Waals surface area contributed by atoms with Gasteiger partial charge in [-0.05, 0) is 50.8 Å². The van der Waals surface area contributed by atoms with Crippen LogP contribution in [0, 0.1) is 25.7 Å². The summed E-state index contributed by atoms with van der Waals surface area (Å²) in [4.78, 5) is 56.7. The van der Waals surface area contributed by atoms with Crippen molar-refractivity contribution in [2.24, 2.45) is 11.8 Å². The molecule has 0 radical (unpaired) electrons. The Labute approximate surface area is 255 Å². The quantitative estimate of drug-likeness (QED) is 0.192. The number of halogens is 1. The van der Waals surface area contributed by atoms with Gasteiger partial charge in [-0.15, -0.1) is 13.2 Å². The second-order valence-corrected chi connectivity index (χ2v) is 12.5. The number of benzene rings is 1. The molecule has 1 spiro atoms. The Morgan fingerprint density at radius 1 is 1.31 bits per heavy atom. The van der Waals surface area contributed by atoms with Crippen LogP contribution in [-0.2, 0) is 28.7 Å². The van der Waals surface area contributed by atoms with Crippen molar-refractivity contribution in [3.63, 3.8) is 0 Å². The fraction of sp³-hybridized carbons (Fsp3) is 0.548. The Morgan fingerprint density at radius 2 is 2.05 bits per heavy atom. The normalized spacial score (nSPS) is 28.3. The number of carbonyl (C=O) groups is 4. The van der Waals surface area contributed by atoms with E-state index in [4.69, 9.17) is 9.47 Å². The summed E-state index contributed by atoms with van der Waals surface area (Å²) in [5, 5.41) is 12.6. The van der Waals surface area contributed by atoms with Gasteiger partial charge in [0.05, 0.1) is 31.1 Å². The van der Waals surface area contributed by atoms with E-state index in [0.717, 1.165) is 11.1 Å². The fourth-order valence-corrected chi connectivity index (χ4v) is 7.46. The van der Waals surface area contributed by atoms with Crippen LogP contribution in [-0.4, -0.2) is 88.6 Å². The van der Waals surface area contributed by atoms with E-state index in [-0.39, 0.29) is 49.3 Å². The first kappa shape index (κ1) is 31.9. The van der Waals surface area contributed by atoms with Crippen LogP contribution in [0.5, 0.6) is 0 Å². The number of aliphatic hydroxyl groups excluding tert-OH is 1. The number of nitrogens with one attached hydrogen (secondary N) is 1. The van der Waals surface area contributed by atoms with E-state index < -0.39 is 47.6 Å². The maximum absolute atomic E-state index is 14.5. The molecule has 4 rings (SSSR count). The molecule has 1 aromatic carbocycles. The third-order valence-corrected chi connectivity index (χ3v) is 9.19. The molecule has 2 N–H and O–H groups in total. The number of amides is 3. The lowest BCUT2D eigenvalue weighted by molar-refractivity contribution is -0.159. The van der Waals surface area contributed by atoms with Gasteiger partial charge in [0.15, 0.2) is 0 Å². The highest BCUT2D eigenvalue weighted by molar-refractivity contribution is 9.09. The molecule has 7 atom stereocenters. The van der Waals surface area contributed by atoms with E-state index in [1.165, 1.54) is 4.90 Å². The van der Waals surface area contributed by atoms with Gasteiger partial charge < -0.3 is 29.7 Å². The summed E-state index contributed by atoms with van der Waals surface area (Å²) in [5.41, 5.74) is 1.25. The summed E-state index contributed by atoms with van der Waals surface area (Å²) in [6.45, 7) is 12.8. The van der Waals surface area contributed by atoms with Gasteiger partial charge in [-0.3, -0.25) is 19.2 Å². The number of alkyl halides is 1. The zero-order chi connectivity index (χ0) is 30.8. The summed E-state index contributed by atoms with van der Waals surface area (Å²) in [6.07, 6.45) is 3.11. The molecule has 3 amide bonds. The number of allylic oxidation sites excluding steroid dienone is 1. The van der Waals surface area contributed by atoms with Gasteiger partial charge in [-0.2, -0.15) is 0 Å². The Kier molecular flexibility index (Phi) is 9.95. The van der Waals surface area contributed by atoms with Crippen molar-refractivity contribution in [3.05, 3.63) is 54.6 Å². The minimum Gasteiger partial charge on any atom is -0.460 e. The number of aliphatic hydroxyl groups is 1. The van der Waals surface area contributed by atoms with Crippen LogP contribution in [0.2, 0.25) is 0 Å². The van der Waals surface area contributed by atoms with Crippen LogP contribution in [0.25, 0.3) is 0 Å². The molecule has 228 valence electrons. The molecular weight excluding hydrogens is 606 g/mol. The largest absolute Gasteiger partial charge is 0.460 e. The van der Waals surface area contributed by atoms with Gasteiger partial charge in [-0.1, -0.05) is 40.2 Å². The summed E-state index contributed by atoms with van der Waals surface area (Å²) in [6, 6.07) is 4.74. The van der Waals surface area contributed by atoms with Crippen molar-refractivity contribution in [1.82, 2.24) is 10.2 Å². The average Bonchev–Trinajstić information content (AvgIpc) is 3.54. The molecule has 3 aliphatic heterocycles. The summed E-state index contributed by atoms with van der Waals surface area (Å²) >= 11 is 3.65. The van der Waals surface area contributed by atoms with E-state index in [0.29, 0.717) is 18.5 Å². The van der Waals surface area contributed by atoms with E-state index >= 15 is 0 Å². The smallest absolute Gasteiger partial charge is 0.312 e. The summed E-state index contributed by atoms with van der Waals surface area (Å²) in [5.74, 6) is -3.49. The lowest BCUT2D eigenvalue weighted by Gasteiger charge is -2.37. The minimum absolute atomic E-state index is 0.0852. The van der Waals surface area contributed by atoms with E-state index in [1.807, 2.05) is 32.0 Å². The van der Waals surface area contributed by atoms with Crippen LogP contribution in [0.15, 0.2) is 43.5 Å². The highest BCUT2D eigenvalue weighted by atomic mass is 79.9. The molecule has 0 aliphatic carbocycles. The predicted octanol–water partition coefficient (Wildman–Crippen LogP) is 2.58. The Hall–Kier alpha value is -3.02. The van der Waals surface area contributed by atoms with Gasteiger partial charge in [0, 0.05) is 30.0 Å². The molecule has 0 aromatic heterocycles. The molecule has 10 nitrogen and oxygen atoms in total. The lowest BCUT2D eigenvalue weighted by atomic mass is 9.70. The van der Waals surface area contributed by atoms with Crippen LogP contribution < -0.4 is 10.2 Å². The van der Waals surface area contributed by atoms with Crippen molar-refractivity contribution < 1.29 is 33.8 Å². The lowest BCUT2D eigenvalue weighted by Crippen LogP contribution is -2.57. The fourth-order valence-electron chi connectivity index (χ4n) is 6.52. The number of hydrogen-bond acceptors (Lipinski definition) is 7. The zero-order valence-electron chi connectivity index (χ0n) is 24.4. The van der Waals surface area contributed by atoms with Gasteiger partial charge in [0.2, 0.25) is 11.8 Å². The van der Waals surface area contributed by atoms with E-state index in [1.54, 1.807) is 24.0 Å². The molecule has 3 aliphatic rings. The molecule has 1 unspecified atom stereocenters. The molecule has 11 heteroatoms. The SMILES string of the molecule is C=CCCC(=O)NC[C@H](C)OC(=O)[C@@H]1[C@H]2O[C@@]3(CC2Br)[C@H](C(=O)N(CC=C)c2cc(C)ccc2C)N(CCO)C(=O)[C@@H]13. The number of anilines is 1. The standard InChI is InChI=1S/C31H40BrN3O7/c1-6-8-9-23(37)33-17-20(5)41-30(40)24-25-28(38)35(13-14-36)27(31(25)16-21(32)26(24)42-31)29(39)34(12-7-2)22-15-18(3)10-11-19(22)4/h6-7,10-11,15,20-21,24-27,36H,1-2,8-9,12-14,16-17H2,3-5H3,(H,33,37)/t20-,21?,24-,25+,26-,27-,31+/m0/s1. The Balaban J connectivity index is 1.64. The number of carbonyl (C=O) groups excluding carboxylic acids is 4. The Bertz CT molecular complexity index is 1250.